The van der Waals surface area contributed by atoms with Crippen LogP contribution in [-0.2, 0) is 4.79 Å². The van der Waals surface area contributed by atoms with Gasteiger partial charge in [0, 0.05) is 61.8 Å². The molecule has 4 heterocycles. The molecule has 4 aromatic rings. The van der Waals surface area contributed by atoms with E-state index in [4.69, 9.17) is 4.74 Å². The molecule has 11 nitrogen and oxygen atoms in total. The van der Waals surface area contributed by atoms with Crippen molar-refractivity contribution in [3.05, 3.63) is 78.6 Å². The molecule has 3 N–H and O–H groups in total. The van der Waals surface area contributed by atoms with Crippen molar-refractivity contribution >= 4 is 34.5 Å². The molecule has 0 bridgehead atoms. The van der Waals surface area contributed by atoms with Crippen LogP contribution in [0.25, 0.3) is 11.0 Å². The molecule has 1 aromatic carbocycles. The van der Waals surface area contributed by atoms with Crippen LogP contribution < -0.4 is 15.4 Å². The second kappa shape index (κ2) is 11.8. The summed E-state index contributed by atoms with van der Waals surface area (Å²) in [6, 6.07) is 14.7. The Morgan fingerprint density at radius 3 is 2.73 bits per heavy atom. The molecule has 2 amide bonds. The predicted octanol–water partition coefficient (Wildman–Crippen LogP) is 4.06. The van der Waals surface area contributed by atoms with E-state index in [1.165, 1.54) is 12.8 Å². The van der Waals surface area contributed by atoms with Crippen molar-refractivity contribution < 1.29 is 14.3 Å². The summed E-state index contributed by atoms with van der Waals surface area (Å²) in [6.45, 7) is 2.07. The third-order valence-electron chi connectivity index (χ3n) is 7.34. The highest BCUT2D eigenvalue weighted by atomic mass is 16.5. The van der Waals surface area contributed by atoms with Crippen LogP contribution in [0.3, 0.4) is 0 Å². The van der Waals surface area contributed by atoms with E-state index in [2.05, 4.69) is 42.7 Å². The van der Waals surface area contributed by atoms with E-state index in [-0.39, 0.29) is 17.9 Å². The molecule has 1 aliphatic carbocycles. The number of anilines is 2. The molecular weight excluding hydrogens is 520 g/mol. The largest absolute Gasteiger partial charge is 0.456 e. The summed E-state index contributed by atoms with van der Waals surface area (Å²) in [6.07, 6.45) is 10.2. The van der Waals surface area contributed by atoms with E-state index in [1.54, 1.807) is 60.9 Å². The SMILES string of the molecule is CN(CC=CC(=O)N1CCC(Nc2n[nH]c3nccc(Oc4ccc(C(=O)Nc5ccccn5)cc4)c23)C1)C1CC1. The van der Waals surface area contributed by atoms with Crippen molar-refractivity contribution in [2.75, 3.05) is 37.3 Å². The van der Waals surface area contributed by atoms with Crippen molar-refractivity contribution in [3.63, 3.8) is 0 Å². The molecule has 0 spiro atoms. The van der Waals surface area contributed by atoms with Gasteiger partial charge in [-0.3, -0.25) is 19.6 Å². The van der Waals surface area contributed by atoms with Crippen molar-refractivity contribution in [1.82, 2.24) is 30.0 Å². The van der Waals surface area contributed by atoms with E-state index in [0.717, 1.165) is 18.4 Å². The number of carbonyl (C=O) groups is 2. The Kier molecular flexibility index (Phi) is 7.59. The Morgan fingerprint density at radius 2 is 1.95 bits per heavy atom. The molecule has 1 aliphatic heterocycles. The van der Waals surface area contributed by atoms with E-state index < -0.39 is 0 Å². The number of H-pyrrole nitrogens is 1. The van der Waals surface area contributed by atoms with Crippen LogP contribution in [0, 0.1) is 0 Å². The summed E-state index contributed by atoms with van der Waals surface area (Å²) in [5, 5.41) is 14.4. The molecule has 2 fully saturated rings. The fourth-order valence-corrected chi connectivity index (χ4v) is 4.90. The van der Waals surface area contributed by atoms with Gasteiger partial charge in [0.15, 0.2) is 11.5 Å². The predicted molar refractivity (Wildman–Crippen MR) is 156 cm³/mol. The average Bonchev–Trinajstić information content (AvgIpc) is 3.61. The number of hydrogen-bond acceptors (Lipinski definition) is 8. The van der Waals surface area contributed by atoms with Gasteiger partial charge in [-0.05, 0) is 62.7 Å². The van der Waals surface area contributed by atoms with Gasteiger partial charge in [-0.15, -0.1) is 0 Å². The Balaban J connectivity index is 1.09. The monoisotopic (exact) mass is 552 g/mol. The van der Waals surface area contributed by atoms with E-state index in [0.29, 0.717) is 53.5 Å². The summed E-state index contributed by atoms with van der Waals surface area (Å²) in [4.78, 5) is 37.9. The zero-order valence-electron chi connectivity index (χ0n) is 22.8. The van der Waals surface area contributed by atoms with E-state index >= 15 is 0 Å². The maximum absolute atomic E-state index is 12.7. The number of likely N-dealkylation sites (tertiary alicyclic amines) is 1. The molecule has 1 saturated heterocycles. The number of hydrogen-bond donors (Lipinski definition) is 3. The Hall–Kier alpha value is -4.77. The first-order chi connectivity index (χ1) is 20.0. The Labute approximate surface area is 237 Å². The van der Waals surface area contributed by atoms with Gasteiger partial charge in [-0.25, -0.2) is 9.97 Å². The summed E-state index contributed by atoms with van der Waals surface area (Å²) < 4.78 is 6.19. The van der Waals surface area contributed by atoms with Gasteiger partial charge in [-0.1, -0.05) is 12.1 Å². The summed E-state index contributed by atoms with van der Waals surface area (Å²) >= 11 is 0. The fraction of sp³-hybridized carbons (Fsp3) is 0.300. The standard InChI is InChI=1S/C30H32N8O3/c1-37(22-9-10-22)17-4-6-26(39)38-18-14-21(19-38)33-29-27-24(13-16-32-28(27)35-36-29)41-23-11-7-20(8-12-23)30(40)34-25-5-2-3-15-31-25/h2-8,11-13,15-16,21-22H,9-10,14,17-19H2,1H3,(H,31,34,40)(H2,32,33,35,36). The van der Waals surface area contributed by atoms with Gasteiger partial charge in [0.05, 0.1) is 0 Å². The van der Waals surface area contributed by atoms with Crippen LogP contribution in [0.2, 0.25) is 0 Å². The zero-order valence-corrected chi connectivity index (χ0v) is 22.8. The molecule has 1 saturated carbocycles. The molecular formula is C30H32N8O3. The molecule has 210 valence electrons. The van der Waals surface area contributed by atoms with Crippen molar-refractivity contribution in [2.45, 2.75) is 31.3 Å². The number of ether oxygens (including phenoxy) is 1. The number of benzene rings is 1. The minimum absolute atomic E-state index is 0.0354. The molecule has 11 heteroatoms. The fourth-order valence-electron chi connectivity index (χ4n) is 4.90. The van der Waals surface area contributed by atoms with Crippen LogP contribution in [-0.4, -0.2) is 80.5 Å². The van der Waals surface area contributed by atoms with E-state index in [1.807, 2.05) is 17.0 Å². The number of nitrogens with zero attached hydrogens (tertiary/aromatic N) is 5. The molecule has 1 atom stereocenters. The van der Waals surface area contributed by atoms with Crippen molar-refractivity contribution in [3.8, 4) is 11.5 Å². The van der Waals surface area contributed by atoms with Crippen LogP contribution >= 0.6 is 0 Å². The first-order valence-corrected chi connectivity index (χ1v) is 13.8. The molecule has 2 aliphatic rings. The number of aromatic nitrogens is 4. The Bertz CT molecular complexity index is 1550. The second-order valence-electron chi connectivity index (χ2n) is 10.4. The normalized spacial score (nSPS) is 16.9. The molecule has 1 unspecified atom stereocenters. The Morgan fingerprint density at radius 1 is 1.10 bits per heavy atom. The smallest absolute Gasteiger partial charge is 0.256 e. The topological polar surface area (TPSA) is 128 Å². The van der Waals surface area contributed by atoms with Crippen LogP contribution in [0.5, 0.6) is 11.5 Å². The third-order valence-corrected chi connectivity index (χ3v) is 7.34. The van der Waals surface area contributed by atoms with Crippen LogP contribution in [0.1, 0.15) is 29.6 Å². The zero-order chi connectivity index (χ0) is 28.2. The van der Waals surface area contributed by atoms with Crippen LogP contribution in [0.15, 0.2) is 73.1 Å². The molecule has 41 heavy (non-hydrogen) atoms. The number of rotatable bonds is 10. The maximum Gasteiger partial charge on any atom is 0.256 e. The minimum atomic E-state index is -0.256. The van der Waals surface area contributed by atoms with Gasteiger partial charge in [0.2, 0.25) is 5.91 Å². The summed E-state index contributed by atoms with van der Waals surface area (Å²) in [5.74, 6) is 2.03. The first-order valence-electron chi connectivity index (χ1n) is 13.8. The van der Waals surface area contributed by atoms with Gasteiger partial charge in [0.1, 0.15) is 22.7 Å². The highest BCUT2D eigenvalue weighted by Crippen LogP contribution is 2.33. The highest BCUT2D eigenvalue weighted by molar-refractivity contribution is 6.03. The van der Waals surface area contributed by atoms with Gasteiger partial charge < -0.3 is 20.3 Å². The number of likely N-dealkylation sites (N-methyl/N-ethyl adjacent to an activating group) is 1. The number of amides is 2. The average molecular weight is 553 g/mol. The first kappa shape index (κ1) is 26.5. The van der Waals surface area contributed by atoms with Crippen LogP contribution in [0.4, 0.5) is 11.6 Å². The van der Waals surface area contributed by atoms with Crippen molar-refractivity contribution in [1.29, 1.82) is 0 Å². The number of aromatic amines is 1. The van der Waals surface area contributed by atoms with E-state index in [9.17, 15) is 9.59 Å². The summed E-state index contributed by atoms with van der Waals surface area (Å²) in [7, 11) is 2.10. The quantitative estimate of drug-likeness (QED) is 0.251. The second-order valence-corrected chi connectivity index (χ2v) is 10.4. The number of nitrogens with one attached hydrogen (secondary N) is 3. The molecule has 6 rings (SSSR count). The third kappa shape index (κ3) is 6.36. The lowest BCUT2D eigenvalue weighted by Gasteiger charge is -2.16. The number of carbonyl (C=O) groups excluding carboxylic acids is 2. The van der Waals surface area contributed by atoms with Gasteiger partial charge in [0.25, 0.3) is 5.91 Å². The lowest BCUT2D eigenvalue weighted by atomic mass is 10.2. The van der Waals surface area contributed by atoms with Crippen molar-refractivity contribution in [2.24, 2.45) is 0 Å². The summed E-state index contributed by atoms with van der Waals surface area (Å²) in [5.41, 5.74) is 1.07. The lowest BCUT2D eigenvalue weighted by molar-refractivity contribution is -0.125. The number of pyridine rings is 2. The lowest BCUT2D eigenvalue weighted by Crippen LogP contribution is -2.30. The van der Waals surface area contributed by atoms with Gasteiger partial charge >= 0.3 is 0 Å². The number of fused-ring (bicyclic) bond motifs is 1. The molecule has 3 aromatic heterocycles. The minimum Gasteiger partial charge on any atom is -0.456 e. The molecule has 0 radical (unpaired) electrons. The van der Waals surface area contributed by atoms with Gasteiger partial charge in [-0.2, -0.15) is 5.10 Å². The maximum atomic E-state index is 12.7. The highest BCUT2D eigenvalue weighted by Gasteiger charge is 2.27.